The summed E-state index contributed by atoms with van der Waals surface area (Å²) in [5, 5.41) is 0. The number of likely N-dealkylation sites (tertiary alicyclic amines) is 1. The fraction of sp³-hybridized carbons (Fsp3) is 1.00. The van der Waals surface area contributed by atoms with Gasteiger partial charge in [0.15, 0.2) is 0 Å². The van der Waals surface area contributed by atoms with Crippen LogP contribution in [0, 0.1) is 0 Å². The summed E-state index contributed by atoms with van der Waals surface area (Å²) in [4.78, 5) is 2.61. The Labute approximate surface area is 78.9 Å². The molecule has 0 bridgehead atoms. The highest BCUT2D eigenvalue weighted by molar-refractivity contribution is 8.00. The molecule has 1 unspecified atom stereocenters. The summed E-state index contributed by atoms with van der Waals surface area (Å²) in [5.74, 6) is 2.68. The molecule has 12 heavy (non-hydrogen) atoms. The van der Waals surface area contributed by atoms with Gasteiger partial charge >= 0.3 is 0 Å². The Morgan fingerprint density at radius 3 is 2.75 bits per heavy atom. The van der Waals surface area contributed by atoms with Gasteiger partial charge in [0.05, 0.1) is 0 Å². The molecule has 2 aliphatic heterocycles. The van der Waals surface area contributed by atoms with E-state index in [2.05, 4.69) is 16.7 Å². The molecule has 0 spiro atoms. The number of nitrogens with two attached hydrogens (primary N) is 1. The molecule has 3 heteroatoms. The normalized spacial score (nSPS) is 34.2. The molecular formula is C9H18N2S. The summed E-state index contributed by atoms with van der Waals surface area (Å²) in [6, 6.07) is 1.30. The minimum Gasteiger partial charge on any atom is -0.327 e. The predicted octanol–water partition coefficient (Wildman–Crippen LogP) is 0.915. The van der Waals surface area contributed by atoms with Gasteiger partial charge in [-0.25, -0.2) is 0 Å². The van der Waals surface area contributed by atoms with Crippen LogP contribution in [0.25, 0.3) is 0 Å². The van der Waals surface area contributed by atoms with Crippen molar-refractivity contribution >= 4 is 11.8 Å². The summed E-state index contributed by atoms with van der Waals surface area (Å²) in [5.41, 5.74) is 5.99. The van der Waals surface area contributed by atoms with E-state index in [1.165, 1.54) is 37.3 Å². The van der Waals surface area contributed by atoms with Crippen molar-refractivity contribution in [3.63, 3.8) is 0 Å². The molecule has 0 aromatic heterocycles. The minimum atomic E-state index is 0.443. The van der Waals surface area contributed by atoms with Crippen molar-refractivity contribution in [3.05, 3.63) is 0 Å². The van der Waals surface area contributed by atoms with Crippen LogP contribution in [-0.2, 0) is 0 Å². The highest BCUT2D eigenvalue weighted by Gasteiger charge is 2.27. The smallest absolute Gasteiger partial charge is 0.0277 e. The Kier molecular flexibility index (Phi) is 2.94. The van der Waals surface area contributed by atoms with E-state index in [4.69, 9.17) is 5.73 Å². The quantitative estimate of drug-likeness (QED) is 0.660. The lowest BCUT2D eigenvalue weighted by Crippen LogP contribution is -2.48. The second-order valence-electron chi connectivity index (χ2n) is 3.94. The number of thioether (sulfide) groups is 1. The lowest BCUT2D eigenvalue weighted by atomic mass is 10.1. The Morgan fingerprint density at radius 1 is 1.25 bits per heavy atom. The second kappa shape index (κ2) is 3.99. The van der Waals surface area contributed by atoms with Crippen LogP contribution in [0.3, 0.4) is 0 Å². The van der Waals surface area contributed by atoms with Crippen LogP contribution in [0.1, 0.15) is 19.3 Å². The third kappa shape index (κ3) is 1.95. The van der Waals surface area contributed by atoms with Crippen LogP contribution >= 0.6 is 11.8 Å². The lowest BCUT2D eigenvalue weighted by molar-refractivity contribution is 0.220. The van der Waals surface area contributed by atoms with E-state index in [0.717, 1.165) is 12.6 Å². The summed E-state index contributed by atoms with van der Waals surface area (Å²) < 4.78 is 0. The summed E-state index contributed by atoms with van der Waals surface area (Å²) in [6.07, 6.45) is 3.92. The van der Waals surface area contributed by atoms with E-state index in [9.17, 15) is 0 Å². The maximum Gasteiger partial charge on any atom is 0.0277 e. The average Bonchev–Trinajstić information content (AvgIpc) is 2.10. The zero-order valence-corrected chi connectivity index (χ0v) is 8.35. The number of nitrogens with zero attached hydrogens (tertiary/aromatic N) is 1. The van der Waals surface area contributed by atoms with E-state index in [-0.39, 0.29) is 0 Å². The maximum absolute atomic E-state index is 5.99. The number of hydrogen-bond donors (Lipinski definition) is 1. The molecule has 2 N–H and O–H groups in total. The van der Waals surface area contributed by atoms with E-state index < -0.39 is 0 Å². The monoisotopic (exact) mass is 186 g/mol. The molecule has 0 radical (unpaired) electrons. The molecule has 0 aromatic rings. The molecule has 2 nitrogen and oxygen atoms in total. The van der Waals surface area contributed by atoms with Crippen molar-refractivity contribution in [1.29, 1.82) is 0 Å². The maximum atomic E-state index is 5.99. The molecule has 2 heterocycles. The van der Waals surface area contributed by atoms with Crippen LogP contribution in [0.15, 0.2) is 0 Å². The van der Waals surface area contributed by atoms with Crippen LogP contribution in [0.4, 0.5) is 0 Å². The van der Waals surface area contributed by atoms with E-state index in [1.807, 2.05) is 0 Å². The third-order valence-electron chi connectivity index (χ3n) is 2.88. The topological polar surface area (TPSA) is 29.3 Å². The van der Waals surface area contributed by atoms with E-state index in [0.29, 0.717) is 6.04 Å². The molecule has 2 fully saturated rings. The van der Waals surface area contributed by atoms with Crippen molar-refractivity contribution in [2.24, 2.45) is 5.73 Å². The molecule has 2 saturated heterocycles. The molecule has 70 valence electrons. The Morgan fingerprint density at radius 2 is 2.08 bits per heavy atom. The predicted molar refractivity (Wildman–Crippen MR) is 54.5 cm³/mol. The van der Waals surface area contributed by atoms with Crippen LogP contribution in [-0.4, -0.2) is 41.6 Å². The van der Waals surface area contributed by atoms with Crippen molar-refractivity contribution in [1.82, 2.24) is 4.90 Å². The fourth-order valence-electron chi connectivity index (χ4n) is 1.97. The first-order valence-corrected chi connectivity index (χ1v) is 6.09. The number of rotatable bonds is 1. The zero-order valence-electron chi connectivity index (χ0n) is 7.54. The Balaban J connectivity index is 1.85. The fourth-order valence-corrected chi connectivity index (χ4v) is 2.84. The van der Waals surface area contributed by atoms with Gasteiger partial charge in [-0.2, -0.15) is 11.8 Å². The van der Waals surface area contributed by atoms with Gasteiger partial charge in [0.25, 0.3) is 0 Å². The molecule has 2 aliphatic rings. The minimum absolute atomic E-state index is 0.443. The van der Waals surface area contributed by atoms with Gasteiger partial charge in [0, 0.05) is 30.1 Å². The van der Waals surface area contributed by atoms with Crippen molar-refractivity contribution in [2.45, 2.75) is 31.3 Å². The summed E-state index contributed by atoms with van der Waals surface area (Å²) in [7, 11) is 0. The lowest BCUT2D eigenvalue weighted by Gasteiger charge is -2.37. The van der Waals surface area contributed by atoms with Crippen molar-refractivity contribution in [2.75, 3.05) is 24.6 Å². The van der Waals surface area contributed by atoms with Gasteiger partial charge in [0.1, 0.15) is 0 Å². The SMILES string of the molecule is NC1CCCCN(C2CSC2)C1. The van der Waals surface area contributed by atoms with E-state index in [1.54, 1.807) is 0 Å². The Bertz CT molecular complexity index is 147. The summed E-state index contributed by atoms with van der Waals surface area (Å²) >= 11 is 2.06. The van der Waals surface area contributed by atoms with Gasteiger partial charge in [-0.3, -0.25) is 4.90 Å². The Hall–Kier alpha value is 0.270. The molecule has 2 rings (SSSR count). The molecular weight excluding hydrogens is 168 g/mol. The first-order valence-electron chi connectivity index (χ1n) is 4.93. The highest BCUT2D eigenvalue weighted by Crippen LogP contribution is 2.25. The van der Waals surface area contributed by atoms with Crippen molar-refractivity contribution < 1.29 is 0 Å². The van der Waals surface area contributed by atoms with E-state index >= 15 is 0 Å². The first kappa shape index (κ1) is 8.85. The largest absolute Gasteiger partial charge is 0.327 e. The summed E-state index contributed by atoms with van der Waals surface area (Å²) in [6.45, 7) is 2.43. The molecule has 0 aliphatic carbocycles. The average molecular weight is 186 g/mol. The van der Waals surface area contributed by atoms with Gasteiger partial charge in [0.2, 0.25) is 0 Å². The van der Waals surface area contributed by atoms with Gasteiger partial charge in [-0.1, -0.05) is 6.42 Å². The zero-order chi connectivity index (χ0) is 8.39. The van der Waals surface area contributed by atoms with Gasteiger partial charge < -0.3 is 5.73 Å². The molecule has 1 atom stereocenters. The van der Waals surface area contributed by atoms with Crippen LogP contribution < -0.4 is 5.73 Å². The first-order chi connectivity index (χ1) is 5.86. The second-order valence-corrected chi connectivity index (χ2v) is 5.02. The highest BCUT2D eigenvalue weighted by atomic mass is 32.2. The molecule has 0 saturated carbocycles. The third-order valence-corrected chi connectivity index (χ3v) is 4.12. The molecule has 0 aromatic carbocycles. The van der Waals surface area contributed by atoms with Crippen LogP contribution in [0.2, 0.25) is 0 Å². The van der Waals surface area contributed by atoms with Crippen molar-refractivity contribution in [3.8, 4) is 0 Å². The van der Waals surface area contributed by atoms with Gasteiger partial charge in [-0.05, 0) is 19.4 Å². The van der Waals surface area contributed by atoms with Gasteiger partial charge in [-0.15, -0.1) is 0 Å². The standard InChI is InChI=1S/C9H18N2S/c10-8-3-1-2-4-11(5-8)9-6-12-7-9/h8-9H,1-7,10H2. The van der Waals surface area contributed by atoms with Crippen LogP contribution in [0.5, 0.6) is 0 Å². The molecule has 0 amide bonds. The number of hydrogen-bond acceptors (Lipinski definition) is 3.